The van der Waals surface area contributed by atoms with Crippen molar-refractivity contribution < 1.29 is 0 Å². The van der Waals surface area contributed by atoms with Gasteiger partial charge in [-0.05, 0) is 28.1 Å². The molecule has 0 aliphatic carbocycles. The van der Waals surface area contributed by atoms with Gasteiger partial charge >= 0.3 is 5.69 Å². The molecule has 0 atom stereocenters. The predicted molar refractivity (Wildman–Crippen MR) is 68.1 cm³/mol. The number of para-hydroxylation sites is 1. The molecule has 0 amide bonds. The maximum absolute atomic E-state index is 11.7. The number of rotatable bonds is 2. The number of aromatic nitrogens is 3. The highest BCUT2D eigenvalue weighted by Crippen LogP contribution is 2.27. The Hall–Kier alpha value is -1.44. The Kier molecular flexibility index (Phi) is 3.41. The monoisotopic (exact) mass is 315 g/mol. The van der Waals surface area contributed by atoms with Gasteiger partial charge in [0, 0.05) is 4.47 Å². The lowest BCUT2D eigenvalue weighted by atomic mass is 10.3. The molecule has 0 aliphatic rings. The SMILES string of the molecule is NNc1ncn(-c2c(Cl)cccc2Br)c(=O)n1. The topological polar surface area (TPSA) is 85.8 Å². The van der Waals surface area contributed by atoms with Crippen molar-refractivity contribution in [1.82, 2.24) is 14.5 Å². The summed E-state index contributed by atoms with van der Waals surface area (Å²) < 4.78 is 1.90. The van der Waals surface area contributed by atoms with Gasteiger partial charge in [0.05, 0.1) is 10.7 Å². The summed E-state index contributed by atoms with van der Waals surface area (Å²) in [6.07, 6.45) is 1.30. The Bertz CT molecular complexity index is 594. The number of benzene rings is 1. The van der Waals surface area contributed by atoms with Crippen LogP contribution < -0.4 is 17.0 Å². The van der Waals surface area contributed by atoms with Gasteiger partial charge in [-0.15, -0.1) is 0 Å². The van der Waals surface area contributed by atoms with Gasteiger partial charge in [0.1, 0.15) is 6.33 Å². The summed E-state index contributed by atoms with van der Waals surface area (Å²) in [6.45, 7) is 0. The van der Waals surface area contributed by atoms with Crippen LogP contribution in [0.4, 0.5) is 5.95 Å². The quantitative estimate of drug-likeness (QED) is 0.645. The summed E-state index contributed by atoms with van der Waals surface area (Å²) >= 11 is 9.34. The minimum Gasteiger partial charge on any atom is -0.292 e. The molecule has 17 heavy (non-hydrogen) atoms. The van der Waals surface area contributed by atoms with Crippen LogP contribution in [0.25, 0.3) is 5.69 Å². The molecule has 0 radical (unpaired) electrons. The van der Waals surface area contributed by atoms with E-state index in [9.17, 15) is 4.79 Å². The fraction of sp³-hybridized carbons (Fsp3) is 0. The van der Waals surface area contributed by atoms with Gasteiger partial charge in [-0.1, -0.05) is 17.7 Å². The number of hydrogen-bond acceptors (Lipinski definition) is 5. The van der Waals surface area contributed by atoms with Crippen molar-refractivity contribution in [3.63, 3.8) is 0 Å². The Balaban J connectivity index is 2.65. The second-order valence-corrected chi connectivity index (χ2v) is 4.31. The van der Waals surface area contributed by atoms with Gasteiger partial charge in [-0.25, -0.2) is 20.2 Å². The lowest BCUT2D eigenvalue weighted by Crippen LogP contribution is -2.25. The van der Waals surface area contributed by atoms with Crippen molar-refractivity contribution in [1.29, 1.82) is 0 Å². The fourth-order valence-electron chi connectivity index (χ4n) is 1.28. The summed E-state index contributed by atoms with van der Waals surface area (Å²) in [6, 6.07) is 5.20. The standard InChI is InChI=1S/C9H7BrClN5O/c10-5-2-1-3-6(11)7(5)16-4-13-8(15-12)14-9(16)17/h1-4H,12H2,(H,14,15,17). The highest BCUT2D eigenvalue weighted by atomic mass is 79.9. The Morgan fingerprint density at radius 3 is 2.82 bits per heavy atom. The number of nitrogen functional groups attached to an aromatic ring is 1. The summed E-state index contributed by atoms with van der Waals surface area (Å²) in [5.74, 6) is 5.16. The van der Waals surface area contributed by atoms with Crippen LogP contribution >= 0.6 is 27.5 Å². The van der Waals surface area contributed by atoms with E-state index in [0.717, 1.165) is 0 Å². The van der Waals surface area contributed by atoms with E-state index in [1.54, 1.807) is 18.2 Å². The van der Waals surface area contributed by atoms with E-state index >= 15 is 0 Å². The summed E-state index contributed by atoms with van der Waals surface area (Å²) in [5.41, 5.74) is 2.16. The van der Waals surface area contributed by atoms with Crippen LogP contribution in [-0.2, 0) is 0 Å². The van der Waals surface area contributed by atoms with Crippen LogP contribution in [0.3, 0.4) is 0 Å². The molecule has 0 saturated carbocycles. The molecule has 8 heteroatoms. The van der Waals surface area contributed by atoms with E-state index in [4.69, 9.17) is 17.4 Å². The zero-order chi connectivity index (χ0) is 12.4. The van der Waals surface area contributed by atoms with E-state index in [0.29, 0.717) is 15.2 Å². The molecule has 1 aromatic heterocycles. The third-order valence-corrected chi connectivity index (χ3v) is 2.96. The first-order valence-corrected chi connectivity index (χ1v) is 5.67. The van der Waals surface area contributed by atoms with Gasteiger partial charge < -0.3 is 0 Å². The Morgan fingerprint density at radius 2 is 2.24 bits per heavy atom. The summed E-state index contributed by atoms with van der Waals surface area (Å²) in [4.78, 5) is 19.2. The molecule has 0 fully saturated rings. The van der Waals surface area contributed by atoms with E-state index in [-0.39, 0.29) is 5.95 Å². The predicted octanol–water partition coefficient (Wildman–Crippen LogP) is 1.33. The lowest BCUT2D eigenvalue weighted by Gasteiger charge is -2.09. The molecule has 2 rings (SSSR count). The first-order chi connectivity index (χ1) is 8.13. The molecule has 0 unspecified atom stereocenters. The van der Waals surface area contributed by atoms with Crippen LogP contribution in [0.1, 0.15) is 0 Å². The van der Waals surface area contributed by atoms with Crippen LogP contribution in [0, 0.1) is 0 Å². The molecule has 1 heterocycles. The van der Waals surface area contributed by atoms with Crippen molar-refractivity contribution in [2.45, 2.75) is 0 Å². The number of anilines is 1. The normalized spacial score (nSPS) is 10.3. The minimum atomic E-state index is -0.526. The van der Waals surface area contributed by atoms with Crippen molar-refractivity contribution in [2.75, 3.05) is 5.43 Å². The van der Waals surface area contributed by atoms with E-state index in [1.807, 2.05) is 0 Å². The number of halogens is 2. The third-order valence-electron chi connectivity index (χ3n) is 2.01. The third kappa shape index (κ3) is 2.31. The molecule has 6 nitrogen and oxygen atoms in total. The van der Waals surface area contributed by atoms with Gasteiger partial charge in [-0.3, -0.25) is 5.43 Å². The van der Waals surface area contributed by atoms with Gasteiger partial charge in [0.15, 0.2) is 0 Å². The van der Waals surface area contributed by atoms with Crippen LogP contribution in [-0.4, -0.2) is 14.5 Å². The van der Waals surface area contributed by atoms with E-state index in [2.05, 4.69) is 31.3 Å². The lowest BCUT2D eigenvalue weighted by molar-refractivity contribution is 0.856. The zero-order valence-electron chi connectivity index (χ0n) is 8.39. The van der Waals surface area contributed by atoms with Crippen LogP contribution in [0.5, 0.6) is 0 Å². The van der Waals surface area contributed by atoms with Gasteiger partial charge in [-0.2, -0.15) is 4.98 Å². The maximum atomic E-state index is 11.7. The molecule has 3 N–H and O–H groups in total. The van der Waals surface area contributed by atoms with E-state index < -0.39 is 5.69 Å². The molecule has 2 aromatic rings. The smallest absolute Gasteiger partial charge is 0.292 e. The molecule has 0 aliphatic heterocycles. The highest BCUT2D eigenvalue weighted by Gasteiger charge is 2.10. The van der Waals surface area contributed by atoms with Gasteiger partial charge in [0.25, 0.3) is 0 Å². The number of nitrogens with two attached hydrogens (primary N) is 1. The number of nitrogens with zero attached hydrogens (tertiary/aromatic N) is 3. The number of hydrazine groups is 1. The minimum absolute atomic E-state index is 0.0504. The molecular formula is C9H7BrClN5O. The summed E-state index contributed by atoms with van der Waals surface area (Å²) in [5, 5.41) is 0.415. The van der Waals surface area contributed by atoms with Crippen LogP contribution in [0.2, 0.25) is 5.02 Å². The second-order valence-electron chi connectivity index (χ2n) is 3.05. The first kappa shape index (κ1) is 12.0. The van der Waals surface area contributed by atoms with Gasteiger partial charge in [0.2, 0.25) is 5.95 Å². The molecule has 0 bridgehead atoms. The van der Waals surface area contributed by atoms with E-state index in [1.165, 1.54) is 10.9 Å². The Morgan fingerprint density at radius 1 is 1.47 bits per heavy atom. The van der Waals surface area contributed by atoms with Crippen molar-refractivity contribution >= 4 is 33.5 Å². The molecule has 1 aromatic carbocycles. The Labute approximate surface area is 110 Å². The average Bonchev–Trinajstić information content (AvgIpc) is 2.30. The average molecular weight is 317 g/mol. The van der Waals surface area contributed by atoms with Crippen molar-refractivity contribution in [2.24, 2.45) is 5.84 Å². The molecule has 0 spiro atoms. The zero-order valence-corrected chi connectivity index (χ0v) is 10.7. The largest absolute Gasteiger partial charge is 0.356 e. The highest BCUT2D eigenvalue weighted by molar-refractivity contribution is 9.10. The van der Waals surface area contributed by atoms with Crippen molar-refractivity contribution in [3.05, 3.63) is 44.5 Å². The molecule has 88 valence electrons. The summed E-state index contributed by atoms with van der Waals surface area (Å²) in [7, 11) is 0. The second kappa shape index (κ2) is 4.82. The molecular weight excluding hydrogens is 309 g/mol. The number of nitrogens with one attached hydrogen (secondary N) is 1. The fourth-order valence-corrected chi connectivity index (χ4v) is 2.21. The first-order valence-electron chi connectivity index (χ1n) is 4.50. The van der Waals surface area contributed by atoms with Crippen LogP contribution in [0.15, 0.2) is 33.8 Å². The maximum Gasteiger partial charge on any atom is 0.356 e. The molecule has 0 saturated heterocycles. The number of hydrogen-bond donors (Lipinski definition) is 2. The van der Waals surface area contributed by atoms with Crippen molar-refractivity contribution in [3.8, 4) is 5.69 Å².